The zero-order valence-corrected chi connectivity index (χ0v) is 10.1. The zero-order valence-electron chi connectivity index (χ0n) is 9.27. The number of methoxy groups -OCH3 is 1. The van der Waals surface area contributed by atoms with E-state index in [-0.39, 0.29) is 5.56 Å². The molecule has 0 amide bonds. The molecule has 0 aliphatic carbocycles. The van der Waals surface area contributed by atoms with E-state index in [1.165, 1.54) is 11.3 Å². The molecule has 3 aromatic heterocycles. The lowest BCUT2D eigenvalue weighted by molar-refractivity contribution is 0.420. The summed E-state index contributed by atoms with van der Waals surface area (Å²) in [5.41, 5.74) is 0.536. The SMILES string of the molecule is COc1ccnc2sc3c(=O)[nH]c(C)nc3c12. The van der Waals surface area contributed by atoms with Crippen molar-refractivity contribution >= 4 is 31.8 Å². The second-order valence-corrected chi connectivity index (χ2v) is 4.62. The van der Waals surface area contributed by atoms with Crippen molar-refractivity contribution in [3.05, 3.63) is 28.4 Å². The molecule has 0 unspecified atom stereocenters. The summed E-state index contributed by atoms with van der Waals surface area (Å²) in [5, 5.41) is 0.809. The first-order valence-corrected chi connectivity index (χ1v) is 5.84. The van der Waals surface area contributed by atoms with Crippen molar-refractivity contribution in [2.45, 2.75) is 6.92 Å². The fraction of sp³-hybridized carbons (Fsp3) is 0.182. The molecule has 17 heavy (non-hydrogen) atoms. The van der Waals surface area contributed by atoms with Gasteiger partial charge in [-0.25, -0.2) is 9.97 Å². The van der Waals surface area contributed by atoms with Gasteiger partial charge in [-0.05, 0) is 13.0 Å². The second kappa shape index (κ2) is 3.53. The average molecular weight is 247 g/mol. The molecule has 3 rings (SSSR count). The molecule has 0 spiro atoms. The third kappa shape index (κ3) is 1.41. The van der Waals surface area contributed by atoms with Gasteiger partial charge in [-0.1, -0.05) is 0 Å². The predicted octanol–water partition coefficient (Wildman–Crippen LogP) is 1.85. The van der Waals surface area contributed by atoms with E-state index in [0.29, 0.717) is 21.8 Å². The highest BCUT2D eigenvalue weighted by Crippen LogP contribution is 2.34. The van der Waals surface area contributed by atoms with Crippen molar-refractivity contribution in [3.8, 4) is 5.75 Å². The lowest BCUT2D eigenvalue weighted by Crippen LogP contribution is -2.07. The lowest BCUT2D eigenvalue weighted by Gasteiger charge is -2.00. The van der Waals surface area contributed by atoms with Crippen LogP contribution in [-0.4, -0.2) is 22.1 Å². The van der Waals surface area contributed by atoms with Crippen LogP contribution in [0.4, 0.5) is 0 Å². The fourth-order valence-electron chi connectivity index (χ4n) is 1.83. The van der Waals surface area contributed by atoms with Gasteiger partial charge in [0.15, 0.2) is 0 Å². The molecule has 3 heterocycles. The monoisotopic (exact) mass is 247 g/mol. The largest absolute Gasteiger partial charge is 0.496 e. The summed E-state index contributed by atoms with van der Waals surface area (Å²) >= 11 is 1.33. The Labute approximate surface area is 100 Å². The van der Waals surface area contributed by atoms with Gasteiger partial charge in [0, 0.05) is 6.20 Å². The van der Waals surface area contributed by atoms with Crippen LogP contribution in [-0.2, 0) is 0 Å². The molecular weight excluding hydrogens is 238 g/mol. The lowest BCUT2D eigenvalue weighted by atomic mass is 10.3. The van der Waals surface area contributed by atoms with E-state index in [4.69, 9.17) is 4.74 Å². The van der Waals surface area contributed by atoms with Gasteiger partial charge < -0.3 is 9.72 Å². The van der Waals surface area contributed by atoms with Crippen molar-refractivity contribution in [3.63, 3.8) is 0 Å². The molecule has 1 N–H and O–H groups in total. The van der Waals surface area contributed by atoms with Gasteiger partial charge in [0.05, 0.1) is 12.5 Å². The molecule has 0 atom stereocenters. The standard InChI is InChI=1S/C11H9N3O2S/c1-5-13-8-7-6(16-2)3-4-12-11(7)17-9(8)10(15)14-5/h3-4H,1-2H3,(H,13,14,15). The minimum Gasteiger partial charge on any atom is -0.496 e. The molecule has 0 aliphatic heterocycles. The Hall–Kier alpha value is -1.95. The highest BCUT2D eigenvalue weighted by Gasteiger charge is 2.14. The zero-order chi connectivity index (χ0) is 12.0. The highest BCUT2D eigenvalue weighted by molar-refractivity contribution is 7.25. The fourth-order valence-corrected chi connectivity index (χ4v) is 2.82. The van der Waals surface area contributed by atoms with Gasteiger partial charge >= 0.3 is 0 Å². The second-order valence-electron chi connectivity index (χ2n) is 3.62. The van der Waals surface area contributed by atoms with Crippen molar-refractivity contribution < 1.29 is 4.74 Å². The van der Waals surface area contributed by atoms with E-state index < -0.39 is 0 Å². The molecule has 0 aliphatic rings. The number of aromatic nitrogens is 3. The summed E-state index contributed by atoms with van der Waals surface area (Å²) in [7, 11) is 1.60. The van der Waals surface area contributed by atoms with Crippen molar-refractivity contribution in [2.24, 2.45) is 0 Å². The maximum absolute atomic E-state index is 11.8. The predicted molar refractivity (Wildman–Crippen MR) is 66.8 cm³/mol. The number of thiophene rings is 1. The summed E-state index contributed by atoms with van der Waals surface area (Å²) in [6.45, 7) is 1.76. The van der Waals surface area contributed by atoms with Gasteiger partial charge in [0.1, 0.15) is 26.6 Å². The molecule has 0 radical (unpaired) electrons. The van der Waals surface area contributed by atoms with Crippen molar-refractivity contribution in [2.75, 3.05) is 7.11 Å². The van der Waals surface area contributed by atoms with E-state index in [2.05, 4.69) is 15.0 Å². The van der Waals surface area contributed by atoms with Crippen molar-refractivity contribution in [1.29, 1.82) is 0 Å². The number of fused-ring (bicyclic) bond motifs is 3. The summed E-state index contributed by atoms with van der Waals surface area (Å²) < 4.78 is 5.87. The first-order valence-electron chi connectivity index (χ1n) is 5.03. The molecule has 0 aromatic carbocycles. The van der Waals surface area contributed by atoms with Crippen LogP contribution in [0.15, 0.2) is 17.1 Å². The number of ether oxygens (including phenoxy) is 1. The molecule has 86 valence electrons. The van der Waals surface area contributed by atoms with E-state index in [9.17, 15) is 4.79 Å². The summed E-state index contributed by atoms with van der Waals surface area (Å²) in [6.07, 6.45) is 1.66. The summed E-state index contributed by atoms with van der Waals surface area (Å²) in [4.78, 5) is 23.9. The van der Waals surface area contributed by atoms with Gasteiger partial charge in [0.2, 0.25) is 0 Å². The Bertz CT molecular complexity index is 775. The van der Waals surface area contributed by atoms with E-state index in [0.717, 1.165) is 10.2 Å². The minimum absolute atomic E-state index is 0.127. The quantitative estimate of drug-likeness (QED) is 0.712. The first kappa shape index (κ1) is 10.2. The Kier molecular flexibility index (Phi) is 2.12. The van der Waals surface area contributed by atoms with Gasteiger partial charge in [-0.15, -0.1) is 11.3 Å². The summed E-state index contributed by atoms with van der Waals surface area (Å²) in [6, 6.07) is 1.77. The number of hydrogen-bond acceptors (Lipinski definition) is 5. The van der Waals surface area contributed by atoms with Gasteiger partial charge in [-0.3, -0.25) is 4.79 Å². The van der Waals surface area contributed by atoms with Crippen LogP contribution in [0.1, 0.15) is 5.82 Å². The van der Waals surface area contributed by atoms with Crippen molar-refractivity contribution in [1.82, 2.24) is 15.0 Å². The molecule has 5 nitrogen and oxygen atoms in total. The molecule has 6 heteroatoms. The van der Waals surface area contributed by atoms with Gasteiger partial charge in [-0.2, -0.15) is 0 Å². The van der Waals surface area contributed by atoms with Gasteiger partial charge in [0.25, 0.3) is 5.56 Å². The van der Waals surface area contributed by atoms with E-state index in [1.807, 2.05) is 0 Å². The normalized spacial score (nSPS) is 11.2. The Morgan fingerprint density at radius 2 is 2.29 bits per heavy atom. The number of nitrogens with zero attached hydrogens (tertiary/aromatic N) is 2. The number of aromatic amines is 1. The Balaban J connectivity index is 2.62. The third-order valence-electron chi connectivity index (χ3n) is 2.53. The van der Waals surface area contributed by atoms with Crippen LogP contribution in [0.5, 0.6) is 5.75 Å². The van der Waals surface area contributed by atoms with E-state index >= 15 is 0 Å². The van der Waals surface area contributed by atoms with Crippen LogP contribution in [0.2, 0.25) is 0 Å². The Morgan fingerprint density at radius 1 is 1.47 bits per heavy atom. The number of rotatable bonds is 1. The third-order valence-corrected chi connectivity index (χ3v) is 3.61. The molecule has 0 fully saturated rings. The van der Waals surface area contributed by atoms with E-state index in [1.54, 1.807) is 26.3 Å². The molecule has 0 bridgehead atoms. The Morgan fingerprint density at radius 3 is 3.06 bits per heavy atom. The number of pyridine rings is 1. The number of aryl methyl sites for hydroxylation is 1. The van der Waals surface area contributed by atoms with Crippen LogP contribution in [0.3, 0.4) is 0 Å². The summed E-state index contributed by atoms with van der Waals surface area (Å²) in [5.74, 6) is 1.28. The van der Waals surface area contributed by atoms with Crippen LogP contribution in [0, 0.1) is 6.92 Å². The molecule has 0 saturated carbocycles. The maximum Gasteiger partial charge on any atom is 0.268 e. The highest BCUT2D eigenvalue weighted by atomic mass is 32.1. The maximum atomic E-state index is 11.8. The number of H-pyrrole nitrogens is 1. The average Bonchev–Trinajstić information content (AvgIpc) is 2.68. The first-order chi connectivity index (χ1) is 8.20. The molecular formula is C11H9N3O2S. The van der Waals surface area contributed by atoms with Crippen LogP contribution < -0.4 is 10.3 Å². The van der Waals surface area contributed by atoms with Crippen LogP contribution >= 0.6 is 11.3 Å². The van der Waals surface area contributed by atoms with Crippen LogP contribution in [0.25, 0.3) is 20.4 Å². The minimum atomic E-state index is -0.127. The number of hydrogen-bond donors (Lipinski definition) is 1. The smallest absolute Gasteiger partial charge is 0.268 e. The molecule has 0 saturated heterocycles. The topological polar surface area (TPSA) is 67.9 Å². The molecule has 3 aromatic rings. The number of nitrogens with one attached hydrogen (secondary N) is 1.